The summed E-state index contributed by atoms with van der Waals surface area (Å²) in [6, 6.07) is 0.508. The Hall–Kier alpha value is -1.71. The molecule has 5 nitrogen and oxygen atoms in total. The summed E-state index contributed by atoms with van der Waals surface area (Å²) in [5, 5.41) is 10.9. The van der Waals surface area contributed by atoms with E-state index in [1.807, 2.05) is 0 Å². The highest BCUT2D eigenvalue weighted by atomic mass is 19.4. The van der Waals surface area contributed by atoms with Gasteiger partial charge >= 0.3 is 6.18 Å². The summed E-state index contributed by atoms with van der Waals surface area (Å²) in [4.78, 5) is 6.34. The van der Waals surface area contributed by atoms with E-state index in [4.69, 9.17) is 10.8 Å². The Morgan fingerprint density at radius 3 is 2.44 bits per heavy atom. The molecule has 0 amide bonds. The molecule has 0 bridgehead atoms. The number of aliphatic hydroxyl groups is 1. The number of hydrogen-bond donors (Lipinski definition) is 3. The number of halogens is 5. The number of nitrogens with two attached hydrogens (primary N) is 1. The lowest BCUT2D eigenvalue weighted by atomic mass is 10.3. The van der Waals surface area contributed by atoms with E-state index in [1.165, 1.54) is 0 Å². The molecule has 1 heterocycles. The third-order valence-corrected chi connectivity index (χ3v) is 1.82. The first kappa shape index (κ1) is 14.4. The molecule has 0 spiro atoms. The van der Waals surface area contributed by atoms with Crippen molar-refractivity contribution in [3.63, 3.8) is 0 Å². The minimum atomic E-state index is -4.73. The molecule has 1 aromatic rings. The van der Waals surface area contributed by atoms with E-state index >= 15 is 0 Å². The van der Waals surface area contributed by atoms with E-state index in [2.05, 4.69) is 15.3 Å². The van der Waals surface area contributed by atoms with Crippen molar-refractivity contribution < 1.29 is 27.1 Å². The van der Waals surface area contributed by atoms with Gasteiger partial charge in [-0.3, -0.25) is 0 Å². The van der Waals surface area contributed by atoms with Crippen molar-refractivity contribution in [2.24, 2.45) is 0 Å². The van der Waals surface area contributed by atoms with E-state index in [0.717, 1.165) is 0 Å². The smallest absolute Gasteiger partial charge is 0.385 e. The maximum atomic E-state index is 12.3. The van der Waals surface area contributed by atoms with Gasteiger partial charge in [0.2, 0.25) is 5.95 Å². The minimum Gasteiger partial charge on any atom is -0.385 e. The van der Waals surface area contributed by atoms with Gasteiger partial charge in [0.05, 0.1) is 0 Å². The first-order valence-corrected chi connectivity index (χ1v) is 4.62. The van der Waals surface area contributed by atoms with Crippen molar-refractivity contribution in [2.45, 2.75) is 18.7 Å². The van der Waals surface area contributed by atoms with Gasteiger partial charge in [0.15, 0.2) is 5.69 Å². The van der Waals surface area contributed by atoms with E-state index in [0.29, 0.717) is 6.07 Å². The van der Waals surface area contributed by atoms with E-state index in [-0.39, 0.29) is 0 Å². The third kappa shape index (κ3) is 3.95. The quantitative estimate of drug-likeness (QED) is 0.715. The number of nitrogens with zero attached hydrogens (tertiary/aromatic N) is 2. The zero-order valence-corrected chi connectivity index (χ0v) is 8.75. The number of nitrogen functional groups attached to an aromatic ring is 1. The maximum absolute atomic E-state index is 12.3. The van der Waals surface area contributed by atoms with Crippen LogP contribution in [0.5, 0.6) is 0 Å². The van der Waals surface area contributed by atoms with Crippen molar-refractivity contribution in [1.82, 2.24) is 9.97 Å². The fourth-order valence-corrected chi connectivity index (χ4v) is 1.000. The highest BCUT2D eigenvalue weighted by Gasteiger charge is 2.33. The number of anilines is 2. The Morgan fingerprint density at radius 2 is 1.94 bits per heavy atom. The molecule has 1 aromatic heterocycles. The summed E-state index contributed by atoms with van der Waals surface area (Å²) in [5.74, 6) is -1.05. The number of rotatable bonds is 4. The van der Waals surface area contributed by atoms with Crippen LogP contribution in [-0.4, -0.2) is 34.1 Å². The van der Waals surface area contributed by atoms with E-state index < -0.39 is 42.7 Å². The lowest BCUT2D eigenvalue weighted by Gasteiger charge is -2.13. The third-order valence-electron chi connectivity index (χ3n) is 1.82. The maximum Gasteiger partial charge on any atom is 0.433 e. The summed E-state index contributed by atoms with van der Waals surface area (Å²) in [6.45, 7) is -0.661. The summed E-state index contributed by atoms with van der Waals surface area (Å²) < 4.78 is 60.9. The molecule has 0 aliphatic rings. The molecule has 0 fully saturated rings. The molecule has 0 saturated carbocycles. The lowest BCUT2D eigenvalue weighted by molar-refractivity contribution is -0.141. The van der Waals surface area contributed by atoms with Crippen LogP contribution >= 0.6 is 0 Å². The summed E-state index contributed by atoms with van der Waals surface area (Å²) in [6.07, 6.45) is -9.76. The fraction of sp³-hybridized carbons (Fsp3) is 0.500. The molecule has 0 aliphatic heterocycles. The average molecular weight is 272 g/mol. The molecule has 1 unspecified atom stereocenters. The SMILES string of the molecule is Nc1nc(NCC(O)C(F)F)cc(C(F)(F)F)n1. The van der Waals surface area contributed by atoms with Gasteiger partial charge in [-0.05, 0) is 0 Å². The Kier molecular flexibility index (Phi) is 4.22. The van der Waals surface area contributed by atoms with Crippen LogP contribution in [0.3, 0.4) is 0 Å². The summed E-state index contributed by atoms with van der Waals surface area (Å²) >= 11 is 0. The number of alkyl halides is 5. The first-order chi connectivity index (χ1) is 8.20. The van der Waals surface area contributed by atoms with Crippen molar-refractivity contribution in [1.29, 1.82) is 0 Å². The van der Waals surface area contributed by atoms with Crippen LogP contribution in [0.2, 0.25) is 0 Å². The van der Waals surface area contributed by atoms with Gasteiger partial charge in [0.1, 0.15) is 11.9 Å². The van der Waals surface area contributed by atoms with Gasteiger partial charge in [-0.15, -0.1) is 0 Å². The summed E-state index contributed by atoms with van der Waals surface area (Å²) in [5.41, 5.74) is 3.75. The number of aliphatic hydroxyl groups excluding tert-OH is 1. The first-order valence-electron chi connectivity index (χ1n) is 4.62. The molecule has 1 atom stereocenters. The molecule has 102 valence electrons. The predicted molar refractivity (Wildman–Crippen MR) is 51.9 cm³/mol. The number of nitrogens with one attached hydrogen (secondary N) is 1. The summed E-state index contributed by atoms with van der Waals surface area (Å²) in [7, 11) is 0. The van der Waals surface area contributed by atoms with Crippen molar-refractivity contribution in [2.75, 3.05) is 17.6 Å². The number of hydrogen-bond acceptors (Lipinski definition) is 5. The zero-order chi connectivity index (χ0) is 13.9. The standard InChI is InChI=1S/C8H9F5N4O/c9-6(10)3(18)2-15-5-1-4(8(11,12)13)16-7(14)17-5/h1,3,6,18H,2H2,(H3,14,15,16,17). The largest absolute Gasteiger partial charge is 0.433 e. The molecule has 0 saturated heterocycles. The Balaban J connectivity index is 2.81. The predicted octanol–water partition coefficient (Wildman–Crippen LogP) is 1.12. The Morgan fingerprint density at radius 1 is 1.33 bits per heavy atom. The van der Waals surface area contributed by atoms with Crippen molar-refractivity contribution >= 4 is 11.8 Å². The normalized spacial score (nSPS) is 13.7. The van der Waals surface area contributed by atoms with Gasteiger partial charge in [-0.2, -0.15) is 18.2 Å². The second kappa shape index (κ2) is 5.29. The second-order valence-electron chi connectivity index (χ2n) is 3.28. The van der Waals surface area contributed by atoms with Gasteiger partial charge in [-0.25, -0.2) is 13.8 Å². The molecule has 0 aliphatic carbocycles. The lowest BCUT2D eigenvalue weighted by Crippen LogP contribution is -2.27. The van der Waals surface area contributed by atoms with Crippen LogP contribution in [0, 0.1) is 0 Å². The number of aromatic nitrogens is 2. The topological polar surface area (TPSA) is 84.1 Å². The minimum absolute atomic E-state index is 0.394. The molecule has 4 N–H and O–H groups in total. The highest BCUT2D eigenvalue weighted by molar-refractivity contribution is 5.41. The van der Waals surface area contributed by atoms with Crippen LogP contribution in [0.4, 0.5) is 33.7 Å². The van der Waals surface area contributed by atoms with Crippen LogP contribution in [0.15, 0.2) is 6.07 Å². The monoisotopic (exact) mass is 272 g/mol. The molecular weight excluding hydrogens is 263 g/mol. The van der Waals surface area contributed by atoms with Crippen molar-refractivity contribution in [3.05, 3.63) is 11.8 Å². The van der Waals surface area contributed by atoms with Gasteiger partial charge < -0.3 is 16.2 Å². The van der Waals surface area contributed by atoms with Crippen LogP contribution in [-0.2, 0) is 6.18 Å². The molecule has 0 radical (unpaired) electrons. The zero-order valence-electron chi connectivity index (χ0n) is 8.75. The molecule has 18 heavy (non-hydrogen) atoms. The molecule has 0 aromatic carbocycles. The second-order valence-corrected chi connectivity index (χ2v) is 3.28. The van der Waals surface area contributed by atoms with Crippen LogP contribution in [0.25, 0.3) is 0 Å². The molecule has 1 rings (SSSR count). The average Bonchev–Trinajstić information content (AvgIpc) is 2.23. The van der Waals surface area contributed by atoms with Gasteiger partial charge in [-0.1, -0.05) is 0 Å². The van der Waals surface area contributed by atoms with Gasteiger partial charge in [0, 0.05) is 12.6 Å². The van der Waals surface area contributed by atoms with Crippen LogP contribution in [0.1, 0.15) is 5.69 Å². The Labute approximate surface area is 97.8 Å². The highest BCUT2D eigenvalue weighted by Crippen LogP contribution is 2.29. The van der Waals surface area contributed by atoms with E-state index in [1.54, 1.807) is 0 Å². The fourth-order valence-electron chi connectivity index (χ4n) is 1.000. The molecular formula is C8H9F5N4O. The van der Waals surface area contributed by atoms with Crippen molar-refractivity contribution in [3.8, 4) is 0 Å². The Bertz CT molecular complexity index is 411. The molecule has 10 heteroatoms. The van der Waals surface area contributed by atoms with Gasteiger partial charge in [0.25, 0.3) is 6.43 Å². The van der Waals surface area contributed by atoms with Crippen LogP contribution < -0.4 is 11.1 Å². The van der Waals surface area contributed by atoms with E-state index in [9.17, 15) is 22.0 Å².